The summed E-state index contributed by atoms with van der Waals surface area (Å²) in [4.78, 5) is 0. The van der Waals surface area contributed by atoms with Crippen LogP contribution >= 0.6 is 7.57 Å². The Morgan fingerprint density at radius 1 is 0.857 bits per heavy atom. The lowest BCUT2D eigenvalue weighted by Crippen LogP contribution is -2.24. The minimum atomic E-state index is -2.56. The molecule has 0 rings (SSSR count). The minimum absolute atomic E-state index is 0.0408. The second-order valence-corrected chi connectivity index (χ2v) is 11.7. The standard InChI is InChI=1S/C8H16O3P.2C4H9.Al/c1-6-12(9,10-7(2)3)11-8(4)5;2*1-4(2)3;/h7-8H,1H2,2-5H3;2*4H,1H2,2-3H3;/q-1;;;+1. The van der Waals surface area contributed by atoms with Crippen LogP contribution in [0.1, 0.15) is 55.4 Å². The van der Waals surface area contributed by atoms with Crippen molar-refractivity contribution < 1.29 is 12.6 Å². The normalized spacial score (nSPS) is 12.6. The Morgan fingerprint density at radius 2 is 1.24 bits per heavy atom. The predicted octanol–water partition coefficient (Wildman–Crippen LogP) is 5.51. The summed E-state index contributed by atoms with van der Waals surface area (Å²) in [6.45, 7) is 20.8. The van der Waals surface area contributed by atoms with Crippen molar-refractivity contribution in [2.24, 2.45) is 11.8 Å². The molecule has 0 aromatic carbocycles. The zero-order valence-electron chi connectivity index (χ0n) is 15.2. The second kappa shape index (κ2) is 10.3. The van der Waals surface area contributed by atoms with Crippen molar-refractivity contribution in [2.45, 2.75) is 78.2 Å². The average molecular weight is 332 g/mol. The Hall–Kier alpha value is 0.492. The largest absolute Gasteiger partial charge is 0.471 e. The van der Waals surface area contributed by atoms with Crippen LogP contribution in [0.3, 0.4) is 0 Å². The maximum absolute atomic E-state index is 6.46. The van der Waals surface area contributed by atoms with Crippen LogP contribution in [0.4, 0.5) is 0 Å². The van der Waals surface area contributed by atoms with Crippen LogP contribution in [0.2, 0.25) is 10.6 Å². The lowest BCUT2D eigenvalue weighted by atomic mass is 10.3. The van der Waals surface area contributed by atoms with Gasteiger partial charge in [-0.1, -0.05) is 62.1 Å². The van der Waals surface area contributed by atoms with Gasteiger partial charge in [0.1, 0.15) is 0 Å². The van der Waals surface area contributed by atoms with Crippen LogP contribution in [-0.4, -0.2) is 32.1 Å². The van der Waals surface area contributed by atoms with Crippen LogP contribution in [0.25, 0.3) is 0 Å². The third-order valence-corrected chi connectivity index (χ3v) is 9.67. The highest BCUT2D eigenvalue weighted by Crippen LogP contribution is 2.53. The molecule has 0 fully saturated rings. The molecule has 5 heteroatoms. The molecule has 0 amide bonds. The van der Waals surface area contributed by atoms with Crippen molar-refractivity contribution in [3.63, 3.8) is 0 Å². The van der Waals surface area contributed by atoms with E-state index in [1.807, 2.05) is 27.7 Å². The van der Waals surface area contributed by atoms with E-state index in [-0.39, 0.29) is 12.2 Å². The maximum atomic E-state index is 6.46. The van der Waals surface area contributed by atoms with Crippen molar-refractivity contribution in [3.8, 4) is 0 Å². The fourth-order valence-corrected chi connectivity index (χ4v) is 8.73. The summed E-state index contributed by atoms with van der Waals surface area (Å²) in [5, 5.41) is 2.26. The van der Waals surface area contributed by atoms with Gasteiger partial charge in [-0.3, -0.25) is 0 Å². The van der Waals surface area contributed by atoms with Gasteiger partial charge in [0.2, 0.25) is 0 Å². The van der Waals surface area contributed by atoms with Gasteiger partial charge in [-0.05, 0) is 27.7 Å². The zero-order chi connectivity index (χ0) is 16.6. The molecule has 0 unspecified atom stereocenters. The molecule has 0 aliphatic carbocycles. The number of hydrogen-bond donors (Lipinski definition) is 0. The fraction of sp³-hybridized carbons (Fsp3) is 0.875. The molecule has 21 heavy (non-hydrogen) atoms. The second-order valence-electron chi connectivity index (χ2n) is 6.95. The lowest BCUT2D eigenvalue weighted by Gasteiger charge is -2.31. The van der Waals surface area contributed by atoms with Gasteiger partial charge in [-0.15, -0.1) is 0 Å². The molecule has 0 aliphatic heterocycles. The first-order valence-electron chi connectivity index (χ1n) is 8.08. The van der Waals surface area contributed by atoms with Gasteiger partial charge in [0.05, 0.1) is 12.2 Å². The first kappa shape index (κ1) is 21.5. The van der Waals surface area contributed by atoms with Gasteiger partial charge in [0.25, 0.3) is 7.57 Å². The van der Waals surface area contributed by atoms with Gasteiger partial charge in [0, 0.05) is 0 Å². The Balaban J connectivity index is 5.24. The Bertz CT molecular complexity index is 337. The van der Waals surface area contributed by atoms with Crippen molar-refractivity contribution in [1.29, 1.82) is 0 Å². The van der Waals surface area contributed by atoms with Crippen LogP contribution in [0.15, 0.2) is 6.58 Å². The zero-order valence-corrected chi connectivity index (χ0v) is 17.2. The van der Waals surface area contributed by atoms with E-state index >= 15 is 0 Å². The van der Waals surface area contributed by atoms with E-state index in [4.69, 9.17) is 12.6 Å². The van der Waals surface area contributed by atoms with Gasteiger partial charge in [-0.2, -0.15) is 0 Å². The highest BCUT2D eigenvalue weighted by atomic mass is 31.2. The highest BCUT2D eigenvalue weighted by Gasteiger charge is 2.33. The van der Waals surface area contributed by atoms with Crippen molar-refractivity contribution in [3.05, 3.63) is 6.58 Å². The summed E-state index contributed by atoms with van der Waals surface area (Å²) in [5.74, 6) is 1.26. The van der Waals surface area contributed by atoms with Gasteiger partial charge >= 0.3 is 14.5 Å². The molecule has 0 radical (unpaired) electrons. The fourth-order valence-electron chi connectivity index (χ4n) is 2.17. The molecule has 0 atom stereocenters. The van der Waals surface area contributed by atoms with Crippen molar-refractivity contribution in [2.75, 3.05) is 0 Å². The maximum Gasteiger partial charge on any atom is 0.471 e. The Kier molecular flexibility index (Phi) is 10.5. The monoisotopic (exact) mass is 332 g/mol. The summed E-state index contributed by atoms with van der Waals surface area (Å²) < 4.78 is 18.5. The molecule has 0 saturated carbocycles. The number of rotatable bonds is 10. The summed E-state index contributed by atoms with van der Waals surface area (Å²) in [5.41, 5.74) is 2.98. The van der Waals surface area contributed by atoms with E-state index in [9.17, 15) is 0 Å². The topological polar surface area (TPSA) is 27.7 Å². The van der Waals surface area contributed by atoms with Crippen LogP contribution < -0.4 is 0 Å². The molecule has 0 aliphatic rings. The Morgan fingerprint density at radius 3 is 1.48 bits per heavy atom. The summed E-state index contributed by atoms with van der Waals surface area (Å²) in [6.07, 6.45) is 0.0816. The molecule has 0 aromatic heterocycles. The van der Waals surface area contributed by atoms with Crippen LogP contribution in [0.5, 0.6) is 0 Å². The minimum Gasteiger partial charge on any atom is -0.437 e. The SMILES string of the molecule is C=C=P(OC(C)C)(OC(C)C)[O][Al]([CH2]C(C)C)[CH2]C(C)C. The quantitative estimate of drug-likeness (QED) is 0.390. The third-order valence-electron chi connectivity index (χ3n) is 2.65. The molecule has 0 aromatic rings. The Labute approximate surface area is 137 Å². The van der Waals surface area contributed by atoms with Crippen LogP contribution in [0, 0.1) is 11.8 Å². The van der Waals surface area contributed by atoms with E-state index in [0.717, 1.165) is 10.6 Å². The van der Waals surface area contributed by atoms with Crippen molar-refractivity contribution in [1.82, 2.24) is 0 Å². The van der Waals surface area contributed by atoms with E-state index in [0.29, 0.717) is 11.8 Å². The molecule has 3 nitrogen and oxygen atoms in total. The molecule has 0 heterocycles. The average Bonchev–Trinajstić information content (AvgIpc) is 2.24. The first-order chi connectivity index (χ1) is 9.60. The molecule has 0 spiro atoms. The summed E-state index contributed by atoms with van der Waals surface area (Å²) >= 11 is -1.41. The third kappa shape index (κ3) is 9.98. The molecule has 124 valence electrons. The van der Waals surface area contributed by atoms with Gasteiger partial charge < -0.3 is 12.6 Å². The van der Waals surface area contributed by atoms with Gasteiger partial charge in [0.15, 0.2) is 0 Å². The molecular formula is C16H34AlO3P. The molecular weight excluding hydrogens is 298 g/mol. The van der Waals surface area contributed by atoms with Gasteiger partial charge in [-0.25, -0.2) is 0 Å². The molecule has 0 N–H and O–H groups in total. The summed E-state index contributed by atoms with van der Waals surface area (Å²) in [7, 11) is -2.56. The van der Waals surface area contributed by atoms with E-state index in [1.165, 1.54) is 0 Å². The smallest absolute Gasteiger partial charge is 0.437 e. The van der Waals surface area contributed by atoms with Crippen molar-refractivity contribution >= 4 is 27.5 Å². The van der Waals surface area contributed by atoms with Crippen LogP contribution in [-0.2, 0) is 12.6 Å². The summed E-state index contributed by atoms with van der Waals surface area (Å²) in [6, 6.07) is 0. The highest BCUT2D eigenvalue weighted by molar-refractivity contribution is 7.61. The number of hydrogen-bond acceptors (Lipinski definition) is 3. The van der Waals surface area contributed by atoms with E-state index in [1.54, 1.807) is 0 Å². The van der Waals surface area contributed by atoms with E-state index < -0.39 is 22.0 Å². The molecule has 0 bridgehead atoms. The first-order valence-corrected chi connectivity index (χ1v) is 11.7. The molecule has 0 saturated heterocycles. The van der Waals surface area contributed by atoms with E-state index in [2.05, 4.69) is 39.7 Å². The lowest BCUT2D eigenvalue weighted by molar-refractivity contribution is 0.138. The predicted molar refractivity (Wildman–Crippen MR) is 96.1 cm³/mol.